The van der Waals surface area contributed by atoms with E-state index in [4.69, 9.17) is 22.9 Å². The molecule has 0 heterocycles. The Morgan fingerprint density at radius 3 is 1.43 bits per heavy atom. The molecule has 26 heteroatoms. The molecule has 18 N–H and O–H groups in total. The molecule has 0 aliphatic rings. The van der Waals surface area contributed by atoms with Crippen molar-refractivity contribution in [3.8, 4) is 0 Å². The quantitative estimate of drug-likeness (QED) is 0.0317. The van der Waals surface area contributed by atoms with Crippen molar-refractivity contribution in [2.24, 2.45) is 40.7 Å². The van der Waals surface area contributed by atoms with Crippen LogP contribution in [0, 0.1) is 17.8 Å². The maximum Gasteiger partial charge on any atom is 0.326 e. The highest BCUT2D eigenvalue weighted by Gasteiger charge is 2.36. The number of aliphatic hydroxyl groups excluding tert-OH is 1. The molecular formula is C46H74N12O14. The van der Waals surface area contributed by atoms with E-state index in [0.29, 0.717) is 0 Å². The predicted octanol–water partition coefficient (Wildman–Crippen LogP) is -4.31. The molecule has 26 nitrogen and oxygen atoms in total. The van der Waals surface area contributed by atoms with Gasteiger partial charge in [0.05, 0.1) is 19.1 Å². The molecule has 0 aliphatic carbocycles. The maximum atomic E-state index is 14.0. The van der Waals surface area contributed by atoms with Crippen molar-refractivity contribution in [3.63, 3.8) is 0 Å². The third-order valence-electron chi connectivity index (χ3n) is 11.2. The summed E-state index contributed by atoms with van der Waals surface area (Å²) in [6.07, 6.45) is -2.34. The van der Waals surface area contributed by atoms with Crippen LogP contribution in [0.25, 0.3) is 0 Å². The zero-order valence-corrected chi connectivity index (χ0v) is 41.8. The first-order chi connectivity index (χ1) is 33.6. The van der Waals surface area contributed by atoms with E-state index in [2.05, 4.69) is 42.5 Å². The molecule has 1 aromatic rings. The first-order valence-corrected chi connectivity index (χ1v) is 23.5. The second-order valence-corrected chi connectivity index (χ2v) is 18.3. The monoisotopic (exact) mass is 1020 g/mol. The Bertz CT molecular complexity index is 2070. The van der Waals surface area contributed by atoms with E-state index in [0.717, 1.165) is 5.56 Å². The first kappa shape index (κ1) is 62.8. The van der Waals surface area contributed by atoms with E-state index >= 15 is 0 Å². The van der Waals surface area contributed by atoms with Crippen LogP contribution in [0.2, 0.25) is 0 Å². The number of hydrogen-bond acceptors (Lipinski definition) is 14. The number of rotatable bonds is 33. The van der Waals surface area contributed by atoms with Gasteiger partial charge in [0.25, 0.3) is 0 Å². The van der Waals surface area contributed by atoms with E-state index in [1.807, 2.05) is 0 Å². The normalized spacial score (nSPS) is 15.3. The zero-order chi connectivity index (χ0) is 55.0. The van der Waals surface area contributed by atoms with E-state index in [-0.39, 0.29) is 25.2 Å². The molecule has 0 saturated carbocycles. The molecule has 0 bridgehead atoms. The number of carboxylic acid groups (broad SMARTS) is 1. The van der Waals surface area contributed by atoms with Gasteiger partial charge in [0, 0.05) is 12.8 Å². The van der Waals surface area contributed by atoms with Gasteiger partial charge in [-0.2, -0.15) is 0 Å². The van der Waals surface area contributed by atoms with Crippen molar-refractivity contribution >= 4 is 70.9 Å². The lowest BCUT2D eigenvalue weighted by Gasteiger charge is -2.29. The third-order valence-corrected chi connectivity index (χ3v) is 11.2. The Balaban J connectivity index is 3.40. The molecule has 402 valence electrons. The average Bonchev–Trinajstić information content (AvgIpc) is 3.29. The molecule has 1 aromatic carbocycles. The van der Waals surface area contributed by atoms with Gasteiger partial charge in [0.15, 0.2) is 0 Å². The number of aliphatic hydroxyl groups is 1. The molecule has 0 spiro atoms. The molecule has 0 saturated heterocycles. The largest absolute Gasteiger partial charge is 0.480 e. The van der Waals surface area contributed by atoms with Crippen LogP contribution in [0.5, 0.6) is 0 Å². The van der Waals surface area contributed by atoms with Crippen LogP contribution in [0.15, 0.2) is 30.3 Å². The van der Waals surface area contributed by atoms with E-state index < -0.39 is 176 Å². The van der Waals surface area contributed by atoms with E-state index in [9.17, 15) is 67.7 Å². The first-order valence-electron chi connectivity index (χ1n) is 23.5. The van der Waals surface area contributed by atoms with Crippen LogP contribution >= 0.6 is 0 Å². The highest BCUT2D eigenvalue weighted by molar-refractivity contribution is 5.99. The number of nitrogens with two attached hydrogens (primary N) is 4. The molecule has 1 rings (SSSR count). The van der Waals surface area contributed by atoms with E-state index in [1.54, 1.807) is 71.9 Å². The standard InChI is InChI=1S/C46H74N12O14/c1-8-24(6)37(45(70)55-31(20-35(50)62)42(67)51-25(7)38(63)57-36(23(4)5)46(71)72)58-41(66)29(15-17-34(49)61)52-40(65)28(14-16-33(48)60)53-43(68)30(18-22(2)3)54-44(69)32(21-59)56-39(64)27(47)19-26-12-10-9-11-13-26/h9-13,22-25,27-32,36-37,59H,8,14-21,47H2,1-7H3,(H2,48,60)(H2,49,61)(H2,50,62)(H,51,67)(H,52,65)(H,53,68)(H,54,69)(H,55,70)(H,56,64)(H,57,63)(H,58,66)(H,71,72)/t24-,25-,27-,28-,29-,30-,31-,32-,36-,37-/m0/s1. The Kier molecular flexibility index (Phi) is 27.2. The lowest BCUT2D eigenvalue weighted by molar-refractivity contribution is -0.143. The molecular weight excluding hydrogens is 945 g/mol. The Morgan fingerprint density at radius 1 is 0.528 bits per heavy atom. The SMILES string of the molecule is CC[C@H](C)[C@H](NC(=O)[C@H](CCC(N)=O)NC(=O)[C@H](CCC(N)=O)NC(=O)[C@H](CC(C)C)NC(=O)[C@H](CO)NC(=O)[C@@H](N)Cc1ccccc1)C(=O)N[C@@H](CC(N)=O)C(=O)N[C@@H](C)C(=O)N[C@H](C(=O)O)C(C)C. The second-order valence-electron chi connectivity index (χ2n) is 18.3. The molecule has 0 aromatic heterocycles. The number of nitrogens with one attached hydrogen (secondary N) is 8. The molecule has 10 atom stereocenters. The number of carbonyl (C=O) groups is 12. The van der Waals surface area contributed by atoms with Gasteiger partial charge in [-0.15, -0.1) is 0 Å². The van der Waals surface area contributed by atoms with Gasteiger partial charge in [-0.05, 0) is 55.9 Å². The zero-order valence-electron chi connectivity index (χ0n) is 41.8. The lowest BCUT2D eigenvalue weighted by atomic mass is 9.96. The van der Waals surface area contributed by atoms with Crippen LogP contribution in [0.1, 0.15) is 99.0 Å². The topological polar surface area (TPSA) is 446 Å². The maximum absolute atomic E-state index is 14.0. The number of amides is 11. The summed E-state index contributed by atoms with van der Waals surface area (Å²) in [5.74, 6) is -13.5. The summed E-state index contributed by atoms with van der Waals surface area (Å²) < 4.78 is 0. The third kappa shape index (κ3) is 22.7. The highest BCUT2D eigenvalue weighted by atomic mass is 16.4. The number of hydrogen-bond donors (Lipinski definition) is 14. The van der Waals surface area contributed by atoms with Crippen molar-refractivity contribution in [3.05, 3.63) is 35.9 Å². The van der Waals surface area contributed by atoms with Gasteiger partial charge >= 0.3 is 5.97 Å². The van der Waals surface area contributed by atoms with Gasteiger partial charge < -0.3 is 75.7 Å². The number of primary amides is 3. The summed E-state index contributed by atoms with van der Waals surface area (Å²) in [7, 11) is 0. The highest BCUT2D eigenvalue weighted by Crippen LogP contribution is 2.13. The number of aliphatic carboxylic acids is 1. The van der Waals surface area contributed by atoms with E-state index in [1.165, 1.54) is 6.92 Å². The Morgan fingerprint density at radius 2 is 0.972 bits per heavy atom. The Hall–Kier alpha value is -7.22. The Labute approximate surface area is 417 Å². The smallest absolute Gasteiger partial charge is 0.326 e. The predicted molar refractivity (Wildman–Crippen MR) is 258 cm³/mol. The minimum Gasteiger partial charge on any atom is -0.480 e. The summed E-state index contributed by atoms with van der Waals surface area (Å²) in [6, 6.07) is -4.45. The summed E-state index contributed by atoms with van der Waals surface area (Å²) in [5, 5.41) is 38.6. The van der Waals surface area contributed by atoms with Crippen LogP contribution in [-0.2, 0) is 64.0 Å². The lowest BCUT2D eigenvalue weighted by Crippen LogP contribution is -2.61. The molecule has 0 unspecified atom stereocenters. The minimum absolute atomic E-state index is 0.0358. The van der Waals surface area contributed by atoms with Crippen molar-refractivity contribution in [2.75, 3.05) is 6.61 Å². The van der Waals surface area contributed by atoms with Gasteiger partial charge in [-0.1, -0.05) is 78.3 Å². The van der Waals surface area contributed by atoms with Crippen molar-refractivity contribution in [2.45, 2.75) is 154 Å². The summed E-state index contributed by atoms with van der Waals surface area (Å²) in [5.41, 5.74) is 22.9. The molecule has 0 radical (unpaired) electrons. The molecule has 0 fully saturated rings. The van der Waals surface area contributed by atoms with Crippen molar-refractivity contribution in [1.82, 2.24) is 42.5 Å². The van der Waals surface area contributed by atoms with Gasteiger partial charge in [-0.25, -0.2) is 4.79 Å². The molecule has 11 amide bonds. The fourth-order valence-corrected chi connectivity index (χ4v) is 6.86. The summed E-state index contributed by atoms with van der Waals surface area (Å²) in [4.78, 5) is 156. The fraction of sp³-hybridized carbons (Fsp3) is 0.609. The van der Waals surface area contributed by atoms with Gasteiger partial charge in [-0.3, -0.25) is 52.7 Å². The van der Waals surface area contributed by atoms with Gasteiger partial charge in [0.2, 0.25) is 65.0 Å². The molecule has 72 heavy (non-hydrogen) atoms. The summed E-state index contributed by atoms with van der Waals surface area (Å²) in [6.45, 7) is 10.1. The van der Waals surface area contributed by atoms with Crippen LogP contribution in [-0.4, -0.2) is 142 Å². The van der Waals surface area contributed by atoms with Crippen LogP contribution in [0.4, 0.5) is 0 Å². The van der Waals surface area contributed by atoms with Crippen molar-refractivity contribution < 1.29 is 67.7 Å². The number of carboxylic acids is 1. The fourth-order valence-electron chi connectivity index (χ4n) is 6.86. The number of carbonyl (C=O) groups excluding carboxylic acids is 11. The summed E-state index contributed by atoms with van der Waals surface area (Å²) >= 11 is 0. The van der Waals surface area contributed by atoms with Gasteiger partial charge in [0.1, 0.15) is 48.3 Å². The average molecular weight is 1020 g/mol. The minimum atomic E-state index is -1.71. The molecule has 0 aliphatic heterocycles. The van der Waals surface area contributed by atoms with Crippen LogP contribution in [0.3, 0.4) is 0 Å². The van der Waals surface area contributed by atoms with Crippen LogP contribution < -0.4 is 65.5 Å². The second kappa shape index (κ2) is 31.2. The number of benzene rings is 1. The van der Waals surface area contributed by atoms with Crippen molar-refractivity contribution in [1.29, 1.82) is 0 Å².